The summed E-state index contributed by atoms with van der Waals surface area (Å²) in [6.45, 7) is 0.342. The number of carbonyl (C=O) groups excluding carboxylic acids is 3. The van der Waals surface area contributed by atoms with Crippen molar-refractivity contribution in [2.45, 2.75) is 69.1 Å². The number of carboxylic acids is 3. The third kappa shape index (κ3) is 13.0. The van der Waals surface area contributed by atoms with Crippen LogP contribution in [-0.2, 0) is 28.8 Å². The number of hydrogen-bond donors (Lipinski definition) is 9. The first-order valence-electron chi connectivity index (χ1n) is 10.6. The van der Waals surface area contributed by atoms with E-state index in [9.17, 15) is 33.9 Å². The van der Waals surface area contributed by atoms with Gasteiger partial charge in [-0.3, -0.25) is 24.0 Å². The van der Waals surface area contributed by atoms with Crippen molar-refractivity contribution in [3.63, 3.8) is 0 Å². The summed E-state index contributed by atoms with van der Waals surface area (Å²) in [5.41, 5.74) is 11.1. The second kappa shape index (κ2) is 16.7. The fraction of sp³-hybridized carbons (Fsp3) is 0.684. The van der Waals surface area contributed by atoms with E-state index in [0.29, 0.717) is 19.4 Å². The Hall–Kier alpha value is -2.91. The normalized spacial score (nSPS) is 14.2. The maximum absolute atomic E-state index is 12.8. The summed E-state index contributed by atoms with van der Waals surface area (Å²) in [4.78, 5) is 70.7. The Morgan fingerprint density at radius 2 is 1.15 bits per heavy atom. The summed E-state index contributed by atoms with van der Waals surface area (Å²) in [6.07, 6.45) is -0.715. The van der Waals surface area contributed by atoms with Crippen molar-refractivity contribution in [1.82, 2.24) is 16.0 Å². The molecular formula is C19H33N5O9S. The van der Waals surface area contributed by atoms with Gasteiger partial charge in [-0.05, 0) is 38.6 Å². The number of amides is 3. The van der Waals surface area contributed by atoms with Gasteiger partial charge in [-0.25, -0.2) is 4.79 Å². The van der Waals surface area contributed by atoms with E-state index in [4.69, 9.17) is 21.7 Å². The molecule has 3 amide bonds. The van der Waals surface area contributed by atoms with Crippen LogP contribution in [0.15, 0.2) is 0 Å². The monoisotopic (exact) mass is 507 g/mol. The van der Waals surface area contributed by atoms with Gasteiger partial charge in [0, 0.05) is 18.6 Å². The summed E-state index contributed by atoms with van der Waals surface area (Å²) in [6, 6.07) is -5.14. The minimum absolute atomic E-state index is 0.0134. The van der Waals surface area contributed by atoms with Crippen molar-refractivity contribution in [2.75, 3.05) is 12.3 Å². The van der Waals surface area contributed by atoms with Gasteiger partial charge in [0.15, 0.2) is 0 Å². The zero-order valence-electron chi connectivity index (χ0n) is 18.6. The topological polar surface area (TPSA) is 251 Å². The maximum Gasteiger partial charge on any atom is 0.326 e. The van der Waals surface area contributed by atoms with Crippen LogP contribution in [0, 0.1) is 0 Å². The lowest BCUT2D eigenvalue weighted by molar-refractivity contribution is -0.144. The van der Waals surface area contributed by atoms with Crippen LogP contribution < -0.4 is 27.4 Å². The Kier molecular flexibility index (Phi) is 15.2. The molecule has 0 radical (unpaired) electrons. The highest BCUT2D eigenvalue weighted by molar-refractivity contribution is 7.80. The number of carbonyl (C=O) groups is 6. The first kappa shape index (κ1) is 31.1. The third-order valence-corrected chi connectivity index (χ3v) is 5.05. The standard InChI is InChI=1S/C19H33N5O9S/c20-8-2-1-3-11(22-16(29)10(21)9-34)17(30)23-12(4-6-14(25)26)18(31)24-13(19(32)33)5-7-15(27)28/h10-13,34H,1-9,20-21H2,(H,22,29)(H,23,30)(H,24,31)(H,25,26)(H,27,28)(H,32,33). The summed E-state index contributed by atoms with van der Waals surface area (Å²) in [5.74, 6) is -6.49. The molecule has 0 heterocycles. The lowest BCUT2D eigenvalue weighted by Crippen LogP contribution is -2.57. The largest absolute Gasteiger partial charge is 0.481 e. The molecule has 0 saturated carbocycles. The van der Waals surface area contributed by atoms with Crippen LogP contribution in [0.1, 0.15) is 44.9 Å². The van der Waals surface area contributed by atoms with Gasteiger partial charge in [0.05, 0.1) is 6.04 Å². The summed E-state index contributed by atoms with van der Waals surface area (Å²) >= 11 is 3.93. The molecule has 15 heteroatoms. The van der Waals surface area contributed by atoms with Crippen molar-refractivity contribution >= 4 is 48.3 Å². The van der Waals surface area contributed by atoms with Gasteiger partial charge in [-0.2, -0.15) is 12.6 Å². The second-order valence-corrected chi connectivity index (χ2v) is 7.83. The lowest BCUT2D eigenvalue weighted by atomic mass is 10.0. The van der Waals surface area contributed by atoms with E-state index in [1.54, 1.807) is 0 Å². The lowest BCUT2D eigenvalue weighted by Gasteiger charge is -2.25. The van der Waals surface area contributed by atoms with E-state index in [2.05, 4.69) is 28.6 Å². The summed E-state index contributed by atoms with van der Waals surface area (Å²) < 4.78 is 0. The molecule has 0 rings (SSSR count). The van der Waals surface area contributed by atoms with Crippen LogP contribution in [-0.4, -0.2) is 87.4 Å². The highest BCUT2D eigenvalue weighted by atomic mass is 32.1. The minimum atomic E-state index is -1.57. The summed E-state index contributed by atoms with van der Waals surface area (Å²) in [5, 5.41) is 33.9. The number of unbranched alkanes of at least 4 members (excludes halogenated alkanes) is 1. The number of nitrogens with two attached hydrogens (primary N) is 2. The van der Waals surface area contributed by atoms with Crippen LogP contribution >= 0.6 is 12.6 Å². The quantitative estimate of drug-likeness (QED) is 0.0700. The highest BCUT2D eigenvalue weighted by Crippen LogP contribution is 2.06. The van der Waals surface area contributed by atoms with Gasteiger partial charge in [-0.15, -0.1) is 0 Å². The number of rotatable bonds is 18. The Morgan fingerprint density at radius 1 is 0.706 bits per heavy atom. The third-order valence-electron chi connectivity index (χ3n) is 4.65. The molecule has 194 valence electrons. The van der Waals surface area contributed by atoms with Crippen molar-refractivity contribution in [1.29, 1.82) is 0 Å². The van der Waals surface area contributed by atoms with E-state index in [1.807, 2.05) is 0 Å². The second-order valence-electron chi connectivity index (χ2n) is 7.46. The molecule has 0 aliphatic carbocycles. The van der Waals surface area contributed by atoms with Gasteiger partial charge in [-0.1, -0.05) is 0 Å². The molecule has 0 bridgehead atoms. The maximum atomic E-state index is 12.8. The average molecular weight is 508 g/mol. The fourth-order valence-corrected chi connectivity index (χ4v) is 2.90. The van der Waals surface area contributed by atoms with E-state index in [-0.39, 0.29) is 18.6 Å². The molecule has 0 aromatic rings. The molecule has 4 atom stereocenters. The molecule has 0 spiro atoms. The molecule has 34 heavy (non-hydrogen) atoms. The number of carboxylic acid groups (broad SMARTS) is 3. The zero-order valence-corrected chi connectivity index (χ0v) is 19.5. The molecule has 0 aliphatic rings. The van der Waals surface area contributed by atoms with Crippen LogP contribution in [0.2, 0.25) is 0 Å². The Bertz CT molecular complexity index is 737. The minimum Gasteiger partial charge on any atom is -0.481 e. The highest BCUT2D eigenvalue weighted by Gasteiger charge is 2.30. The van der Waals surface area contributed by atoms with Gasteiger partial charge in [0.25, 0.3) is 0 Å². The molecule has 0 aromatic heterocycles. The number of hydrogen-bond acceptors (Lipinski definition) is 9. The molecule has 0 aliphatic heterocycles. The smallest absolute Gasteiger partial charge is 0.326 e. The van der Waals surface area contributed by atoms with Gasteiger partial charge >= 0.3 is 17.9 Å². The molecule has 4 unspecified atom stereocenters. The Balaban J connectivity index is 5.53. The van der Waals surface area contributed by atoms with Crippen LogP contribution in [0.5, 0.6) is 0 Å². The molecule has 10 N–H and O–H groups in total. The van der Waals surface area contributed by atoms with E-state index in [1.165, 1.54) is 0 Å². The van der Waals surface area contributed by atoms with Crippen LogP contribution in [0.3, 0.4) is 0 Å². The number of thiol groups is 1. The first-order chi connectivity index (χ1) is 15.9. The number of aliphatic carboxylic acids is 3. The zero-order chi connectivity index (χ0) is 26.3. The number of nitrogens with one attached hydrogen (secondary N) is 3. The van der Waals surface area contributed by atoms with E-state index >= 15 is 0 Å². The predicted molar refractivity (Wildman–Crippen MR) is 122 cm³/mol. The van der Waals surface area contributed by atoms with Crippen LogP contribution in [0.4, 0.5) is 0 Å². The molecule has 0 fully saturated rings. The Labute approximate surface area is 201 Å². The van der Waals surface area contributed by atoms with E-state index in [0.717, 1.165) is 0 Å². The molecule has 0 saturated heterocycles. The van der Waals surface area contributed by atoms with E-state index < -0.39 is 79.1 Å². The molecule has 0 aromatic carbocycles. The van der Waals surface area contributed by atoms with Gasteiger partial charge < -0.3 is 42.7 Å². The summed E-state index contributed by atoms with van der Waals surface area (Å²) in [7, 11) is 0. The predicted octanol–water partition coefficient (Wildman–Crippen LogP) is -2.36. The Morgan fingerprint density at radius 3 is 1.59 bits per heavy atom. The van der Waals surface area contributed by atoms with Crippen molar-refractivity contribution < 1.29 is 44.1 Å². The first-order valence-corrected chi connectivity index (χ1v) is 11.2. The van der Waals surface area contributed by atoms with Crippen LogP contribution in [0.25, 0.3) is 0 Å². The fourth-order valence-electron chi connectivity index (χ4n) is 2.73. The SMILES string of the molecule is NCCCCC(NC(=O)C(N)CS)C(=O)NC(CCC(=O)O)C(=O)NC(CCC(=O)O)C(=O)O. The molecular weight excluding hydrogens is 474 g/mol. The van der Waals surface area contributed by atoms with Crippen molar-refractivity contribution in [2.24, 2.45) is 11.5 Å². The van der Waals surface area contributed by atoms with Crippen molar-refractivity contribution in [3.8, 4) is 0 Å². The van der Waals surface area contributed by atoms with Gasteiger partial charge in [0.1, 0.15) is 18.1 Å². The average Bonchev–Trinajstić information content (AvgIpc) is 2.77. The van der Waals surface area contributed by atoms with Crippen molar-refractivity contribution in [3.05, 3.63) is 0 Å². The van der Waals surface area contributed by atoms with Gasteiger partial charge in [0.2, 0.25) is 17.7 Å². The molecule has 14 nitrogen and oxygen atoms in total.